The summed E-state index contributed by atoms with van der Waals surface area (Å²) in [5.41, 5.74) is 11.4. The molecular formula is C33H56N9O8P3. The highest BCUT2D eigenvalue weighted by Gasteiger charge is 2.22. The number of carbonyl (C=O) groups is 1. The van der Waals surface area contributed by atoms with Gasteiger partial charge in [0.2, 0.25) is 0 Å². The van der Waals surface area contributed by atoms with Crippen LogP contribution in [0.15, 0.2) is 35.7 Å². The molecule has 2 heterocycles. The highest BCUT2D eigenvalue weighted by atomic mass is 31.2. The summed E-state index contributed by atoms with van der Waals surface area (Å²) in [5, 5.41) is 20.4. The van der Waals surface area contributed by atoms with E-state index in [-0.39, 0.29) is 5.78 Å². The molecule has 0 amide bonds. The number of aryl methyl sites for hydroxylation is 2. The molecule has 296 valence electrons. The minimum Gasteiger partial charge on any atom is -0.329 e. The van der Waals surface area contributed by atoms with Gasteiger partial charge in [-0.2, -0.15) is 0 Å². The number of ketones is 1. The highest BCUT2D eigenvalue weighted by molar-refractivity contribution is 7.58. The molecule has 3 aromatic rings. The molecule has 20 heteroatoms. The van der Waals surface area contributed by atoms with Crippen LogP contribution < -0.4 is 0 Å². The third-order valence-electron chi connectivity index (χ3n) is 7.51. The average Bonchev–Trinajstić information content (AvgIpc) is 3.77. The van der Waals surface area contributed by atoms with Gasteiger partial charge in [0.25, 0.3) is 0 Å². The van der Waals surface area contributed by atoms with Gasteiger partial charge >= 0.3 is 7.60 Å². The molecule has 2 atom stereocenters. The van der Waals surface area contributed by atoms with E-state index in [9.17, 15) is 18.5 Å². The summed E-state index contributed by atoms with van der Waals surface area (Å²) >= 11 is 0. The van der Waals surface area contributed by atoms with Crippen LogP contribution >= 0.6 is 22.3 Å². The summed E-state index contributed by atoms with van der Waals surface area (Å²) in [5.74, 6) is 0.0460. The van der Waals surface area contributed by atoms with Crippen molar-refractivity contribution in [3.05, 3.63) is 46.6 Å². The first kappa shape index (κ1) is 46.2. The van der Waals surface area contributed by atoms with Crippen molar-refractivity contribution in [2.75, 3.05) is 64.8 Å². The number of azide groups is 1. The summed E-state index contributed by atoms with van der Waals surface area (Å²) < 4.78 is 60.7. The van der Waals surface area contributed by atoms with Crippen molar-refractivity contribution in [2.24, 2.45) is 5.11 Å². The van der Waals surface area contributed by atoms with Crippen molar-refractivity contribution in [2.45, 2.75) is 79.8 Å². The maximum absolute atomic E-state index is 12.8. The summed E-state index contributed by atoms with van der Waals surface area (Å²) in [6.45, 7) is 15.5. The molecule has 17 nitrogen and oxygen atoms in total. The van der Waals surface area contributed by atoms with Crippen LogP contribution in [-0.4, -0.2) is 101 Å². The minimum atomic E-state index is -2.94. The lowest BCUT2D eigenvalue weighted by molar-refractivity contribution is 0.0981. The first-order valence-corrected chi connectivity index (χ1v) is 24.3. The Labute approximate surface area is 313 Å². The van der Waals surface area contributed by atoms with Gasteiger partial charge in [0, 0.05) is 73.3 Å². The minimum absolute atomic E-state index is 0.0460. The first-order chi connectivity index (χ1) is 25.2. The number of benzene rings is 1. The molecule has 3 rings (SSSR count). The average molecular weight is 800 g/mol. The van der Waals surface area contributed by atoms with E-state index in [2.05, 4.69) is 30.7 Å². The van der Waals surface area contributed by atoms with Gasteiger partial charge < -0.3 is 18.1 Å². The molecule has 0 radical (unpaired) electrons. The molecule has 0 aliphatic rings. The van der Waals surface area contributed by atoms with Crippen LogP contribution in [0.3, 0.4) is 0 Å². The van der Waals surface area contributed by atoms with Crippen LogP contribution in [0.2, 0.25) is 0 Å². The van der Waals surface area contributed by atoms with Gasteiger partial charge in [-0.15, -0.1) is 10.2 Å². The smallest absolute Gasteiger partial charge is 0.329 e. The molecule has 2 aromatic heterocycles. The number of carbonyl (C=O) groups excluding carboxylic acids is 1. The molecule has 2 unspecified atom stereocenters. The van der Waals surface area contributed by atoms with E-state index in [1.54, 1.807) is 36.5 Å². The SMILES string of the molecule is CCCC(=O)c1cc(-c2cn(CCCP(C)(=O)OCC)nn2)cc(-c2cn(CCCP(C)(=O)OCC)nn2)c1.CCOP(=O)(CCCN=[N+]=[N-])OCC. The van der Waals surface area contributed by atoms with E-state index in [4.69, 9.17) is 23.6 Å². The Morgan fingerprint density at radius 2 is 1.21 bits per heavy atom. The van der Waals surface area contributed by atoms with Crippen molar-refractivity contribution < 1.29 is 36.6 Å². The molecule has 0 N–H and O–H groups in total. The number of aromatic nitrogens is 6. The molecule has 0 bridgehead atoms. The molecule has 0 saturated carbocycles. The van der Waals surface area contributed by atoms with Gasteiger partial charge in [0.1, 0.15) is 11.4 Å². The van der Waals surface area contributed by atoms with Gasteiger partial charge in [0.15, 0.2) is 20.5 Å². The highest BCUT2D eigenvalue weighted by Crippen LogP contribution is 2.48. The van der Waals surface area contributed by atoms with Gasteiger partial charge in [-0.1, -0.05) is 22.5 Å². The largest absolute Gasteiger partial charge is 0.330 e. The van der Waals surface area contributed by atoms with Gasteiger partial charge in [-0.3, -0.25) is 27.9 Å². The van der Waals surface area contributed by atoms with Crippen LogP contribution in [0.25, 0.3) is 33.0 Å². The summed E-state index contributed by atoms with van der Waals surface area (Å²) in [6, 6.07) is 5.60. The van der Waals surface area contributed by atoms with E-state index < -0.39 is 22.3 Å². The van der Waals surface area contributed by atoms with Crippen molar-refractivity contribution in [1.29, 1.82) is 0 Å². The van der Waals surface area contributed by atoms with E-state index in [1.165, 1.54) is 0 Å². The van der Waals surface area contributed by atoms with Crippen LogP contribution in [0, 0.1) is 0 Å². The zero-order valence-corrected chi connectivity index (χ0v) is 34.8. The first-order valence-electron chi connectivity index (χ1n) is 18.0. The quantitative estimate of drug-likeness (QED) is 0.0196. The summed E-state index contributed by atoms with van der Waals surface area (Å²) in [6.07, 6.45) is 7.90. The lowest BCUT2D eigenvalue weighted by atomic mass is 9.98. The Kier molecular flexibility index (Phi) is 20.7. The van der Waals surface area contributed by atoms with Crippen molar-refractivity contribution in [3.8, 4) is 22.5 Å². The lowest BCUT2D eigenvalue weighted by Gasteiger charge is -2.15. The van der Waals surface area contributed by atoms with Gasteiger partial charge in [-0.25, -0.2) is 0 Å². The third-order valence-corrected chi connectivity index (χ3v) is 13.5. The number of nitrogens with zero attached hydrogens (tertiary/aromatic N) is 9. The molecule has 0 aliphatic carbocycles. The second-order valence-corrected chi connectivity index (χ2v) is 19.9. The van der Waals surface area contributed by atoms with Crippen LogP contribution in [0.1, 0.15) is 77.1 Å². The standard InChI is InChI=1S/C26H40N6O5P2.C7H16N3O3P/c1-6-11-26(33)23-17-21(24-19-31(29-27-24)12-9-14-38(4,34)36-7-2)16-22(18-23)25-20-32(30-28-25)13-10-15-39(5,35)37-8-3;1-3-12-14(11,13-4-2)7-5-6-9-10-8/h16-20H,6-15H2,1-5H3;3-7H2,1-2H3. The molecule has 0 spiro atoms. The Balaban J connectivity index is 0.000000587. The number of rotatable bonds is 25. The fourth-order valence-electron chi connectivity index (χ4n) is 5.19. The van der Waals surface area contributed by atoms with E-state index in [0.717, 1.165) is 17.5 Å². The Hall–Kier alpha value is -2.99. The zero-order valence-electron chi connectivity index (χ0n) is 32.1. The fraction of sp³-hybridized carbons (Fsp3) is 0.667. The van der Waals surface area contributed by atoms with Crippen molar-refractivity contribution >= 4 is 28.1 Å². The predicted molar refractivity (Wildman–Crippen MR) is 207 cm³/mol. The molecule has 53 heavy (non-hydrogen) atoms. The Morgan fingerprint density at radius 3 is 1.62 bits per heavy atom. The molecule has 0 aliphatic heterocycles. The topological polar surface area (TPSA) is 215 Å². The van der Waals surface area contributed by atoms with Crippen LogP contribution in [0.4, 0.5) is 0 Å². The zero-order chi connectivity index (χ0) is 39.3. The molecule has 0 saturated heterocycles. The third kappa shape index (κ3) is 17.4. The predicted octanol–water partition coefficient (Wildman–Crippen LogP) is 8.81. The molecular weight excluding hydrogens is 743 g/mol. The number of hydrogen-bond acceptors (Lipinski definition) is 13. The van der Waals surface area contributed by atoms with Crippen molar-refractivity contribution in [3.63, 3.8) is 0 Å². The summed E-state index contributed by atoms with van der Waals surface area (Å²) in [4.78, 5) is 15.4. The maximum atomic E-state index is 12.8. The van der Waals surface area contributed by atoms with Gasteiger partial charge in [0.05, 0.1) is 45.0 Å². The Bertz CT molecular complexity index is 1660. The maximum Gasteiger partial charge on any atom is 0.330 e. The second kappa shape index (κ2) is 23.7. The van der Waals surface area contributed by atoms with Gasteiger partial charge in [-0.05, 0) is 77.1 Å². The monoisotopic (exact) mass is 799 g/mol. The molecule has 0 fully saturated rings. The summed E-state index contributed by atoms with van der Waals surface area (Å²) in [7, 11) is -8.14. The van der Waals surface area contributed by atoms with Crippen LogP contribution in [0.5, 0.6) is 0 Å². The lowest BCUT2D eigenvalue weighted by Crippen LogP contribution is -2.02. The van der Waals surface area contributed by atoms with E-state index in [0.29, 0.717) is 107 Å². The molecule has 1 aromatic carbocycles. The van der Waals surface area contributed by atoms with E-state index >= 15 is 0 Å². The normalized spacial score (nSPS) is 13.7. The Morgan fingerprint density at radius 1 is 0.736 bits per heavy atom. The number of hydrogen-bond donors (Lipinski definition) is 0. The van der Waals surface area contributed by atoms with Crippen molar-refractivity contribution in [1.82, 2.24) is 30.0 Å². The van der Waals surface area contributed by atoms with Crippen LogP contribution in [-0.2, 0) is 44.9 Å². The fourth-order valence-corrected chi connectivity index (χ4v) is 9.62. The second-order valence-electron chi connectivity index (χ2n) is 12.2. The van der Waals surface area contributed by atoms with E-state index in [1.807, 2.05) is 51.4 Å². The number of Topliss-reactive ketones (excluding diaryl/α,β-unsaturated/α-hetero) is 1.